The molecule has 0 atom stereocenters. The summed E-state index contributed by atoms with van der Waals surface area (Å²) in [6, 6.07) is 19.0. The standard InChI is InChI=1S/C32H32N8O4/c1-32(2,3)21-11-13-22(14-12-21)39(18-40-37-30(36-38-40)35-27(41)20-7-5-4-6-8-20)31(44)33-25-16-15-23-26(29(43)34-28(23)42)24(25)17-19-9-10-19/h4-8,11-16,19H,9-10,17-18H2,1-3H3,(H,33,44)(H,34,42,43)(H,35,37,41). The van der Waals surface area contributed by atoms with E-state index in [1.165, 1.54) is 9.70 Å². The van der Waals surface area contributed by atoms with Crippen LogP contribution in [0, 0.1) is 5.92 Å². The van der Waals surface area contributed by atoms with Crippen molar-refractivity contribution in [2.45, 2.75) is 52.1 Å². The summed E-state index contributed by atoms with van der Waals surface area (Å²) in [5, 5.41) is 20.2. The molecule has 0 saturated heterocycles. The van der Waals surface area contributed by atoms with Crippen LogP contribution in [0.15, 0.2) is 66.7 Å². The second-order valence-electron chi connectivity index (χ2n) is 12.0. The molecule has 12 heteroatoms. The minimum Gasteiger partial charge on any atom is -0.307 e. The van der Waals surface area contributed by atoms with Crippen molar-refractivity contribution in [3.8, 4) is 0 Å². The van der Waals surface area contributed by atoms with Crippen LogP contribution in [0.2, 0.25) is 0 Å². The number of hydrogen-bond donors (Lipinski definition) is 3. The second kappa shape index (κ2) is 11.4. The molecule has 44 heavy (non-hydrogen) atoms. The Balaban J connectivity index is 1.29. The van der Waals surface area contributed by atoms with Crippen molar-refractivity contribution in [1.29, 1.82) is 0 Å². The first-order valence-electron chi connectivity index (χ1n) is 14.4. The minimum atomic E-state index is -0.498. The van der Waals surface area contributed by atoms with Gasteiger partial charge in [0.1, 0.15) is 6.67 Å². The molecule has 0 radical (unpaired) electrons. The molecule has 0 bridgehead atoms. The fraction of sp³-hybridized carbons (Fsp3) is 0.281. The molecule has 1 aliphatic heterocycles. The Kier molecular flexibility index (Phi) is 7.41. The van der Waals surface area contributed by atoms with E-state index < -0.39 is 17.8 Å². The number of carbonyl (C=O) groups excluding carboxylic acids is 4. The second-order valence-corrected chi connectivity index (χ2v) is 12.0. The van der Waals surface area contributed by atoms with Crippen LogP contribution in [0.4, 0.5) is 22.1 Å². The highest BCUT2D eigenvalue weighted by Crippen LogP contribution is 2.38. The average molecular weight is 593 g/mol. The van der Waals surface area contributed by atoms with Crippen molar-refractivity contribution in [3.63, 3.8) is 0 Å². The quantitative estimate of drug-likeness (QED) is 0.250. The Hall–Kier alpha value is -5.39. The number of urea groups is 1. The van der Waals surface area contributed by atoms with Crippen molar-refractivity contribution >= 4 is 41.1 Å². The van der Waals surface area contributed by atoms with E-state index in [4.69, 9.17) is 0 Å². The Morgan fingerprint density at radius 2 is 1.68 bits per heavy atom. The first kappa shape index (κ1) is 28.7. The number of aromatic nitrogens is 4. The van der Waals surface area contributed by atoms with E-state index in [1.54, 1.807) is 36.4 Å². The zero-order valence-corrected chi connectivity index (χ0v) is 24.6. The highest BCUT2D eigenvalue weighted by atomic mass is 16.2. The summed E-state index contributed by atoms with van der Waals surface area (Å²) in [5.41, 5.74) is 3.75. The number of rotatable bonds is 8. The Morgan fingerprint density at radius 3 is 2.36 bits per heavy atom. The van der Waals surface area contributed by atoms with Gasteiger partial charge in [-0.3, -0.25) is 29.9 Å². The van der Waals surface area contributed by atoms with Crippen molar-refractivity contribution in [2.75, 3.05) is 15.5 Å². The number of anilines is 3. The van der Waals surface area contributed by atoms with E-state index in [1.807, 2.05) is 30.3 Å². The lowest BCUT2D eigenvalue weighted by atomic mass is 9.87. The molecule has 6 rings (SSSR count). The summed E-state index contributed by atoms with van der Waals surface area (Å²) in [5.74, 6) is -0.898. The minimum absolute atomic E-state index is 0.0108. The Morgan fingerprint density at radius 1 is 0.955 bits per heavy atom. The highest BCUT2D eigenvalue weighted by molar-refractivity contribution is 6.23. The molecule has 2 aliphatic rings. The molecule has 0 unspecified atom stereocenters. The molecule has 224 valence electrons. The number of nitrogens with zero attached hydrogens (tertiary/aromatic N) is 5. The van der Waals surface area contributed by atoms with Crippen LogP contribution in [0.5, 0.6) is 0 Å². The predicted octanol–water partition coefficient (Wildman–Crippen LogP) is 4.76. The zero-order valence-electron chi connectivity index (χ0n) is 24.6. The maximum atomic E-state index is 14.0. The lowest BCUT2D eigenvalue weighted by Gasteiger charge is -2.25. The third-order valence-electron chi connectivity index (χ3n) is 7.72. The van der Waals surface area contributed by atoms with E-state index >= 15 is 0 Å². The number of nitrogens with one attached hydrogen (secondary N) is 3. The molecule has 1 saturated carbocycles. The van der Waals surface area contributed by atoms with Gasteiger partial charge in [-0.1, -0.05) is 56.2 Å². The monoisotopic (exact) mass is 592 g/mol. The van der Waals surface area contributed by atoms with Gasteiger partial charge in [0.25, 0.3) is 23.7 Å². The molecule has 12 nitrogen and oxygen atoms in total. The van der Waals surface area contributed by atoms with E-state index in [2.05, 4.69) is 52.1 Å². The highest BCUT2D eigenvalue weighted by Gasteiger charge is 2.34. The van der Waals surface area contributed by atoms with Crippen LogP contribution in [0.3, 0.4) is 0 Å². The van der Waals surface area contributed by atoms with Gasteiger partial charge in [0.05, 0.1) is 11.1 Å². The van der Waals surface area contributed by atoms with Crippen molar-refractivity contribution < 1.29 is 19.2 Å². The Labute approximate surface area is 253 Å². The molecule has 3 aromatic carbocycles. The molecule has 1 aromatic heterocycles. The van der Waals surface area contributed by atoms with Gasteiger partial charge in [-0.2, -0.15) is 0 Å². The lowest BCUT2D eigenvalue weighted by Crippen LogP contribution is -2.37. The zero-order chi connectivity index (χ0) is 31.0. The van der Waals surface area contributed by atoms with E-state index in [0.717, 1.165) is 18.4 Å². The largest absolute Gasteiger partial charge is 0.327 e. The Bertz CT molecular complexity index is 1760. The van der Waals surface area contributed by atoms with E-state index in [9.17, 15) is 19.2 Å². The normalized spacial score (nSPS) is 14.2. The summed E-state index contributed by atoms with van der Waals surface area (Å²) < 4.78 is 0. The van der Waals surface area contributed by atoms with Crippen LogP contribution in [0.1, 0.15) is 75.8 Å². The number of imide groups is 1. The van der Waals surface area contributed by atoms with Crippen LogP contribution < -0.4 is 20.9 Å². The third kappa shape index (κ3) is 6.05. The van der Waals surface area contributed by atoms with Gasteiger partial charge in [0, 0.05) is 16.9 Å². The average Bonchev–Trinajstić information content (AvgIpc) is 3.63. The van der Waals surface area contributed by atoms with Gasteiger partial charge in [-0.25, -0.2) is 4.79 Å². The van der Waals surface area contributed by atoms with Gasteiger partial charge < -0.3 is 5.32 Å². The summed E-state index contributed by atoms with van der Waals surface area (Å²) >= 11 is 0. The number of amides is 5. The molecular formula is C32H32N8O4. The summed E-state index contributed by atoms with van der Waals surface area (Å²) in [6.07, 6.45) is 2.63. The molecule has 3 N–H and O–H groups in total. The molecule has 0 spiro atoms. The van der Waals surface area contributed by atoms with Crippen LogP contribution in [0.25, 0.3) is 0 Å². The number of benzene rings is 3. The summed E-state index contributed by atoms with van der Waals surface area (Å²) in [7, 11) is 0. The maximum Gasteiger partial charge on any atom is 0.327 e. The van der Waals surface area contributed by atoms with Crippen molar-refractivity contribution in [1.82, 2.24) is 25.5 Å². The topological polar surface area (TPSA) is 151 Å². The van der Waals surface area contributed by atoms with Gasteiger partial charge in [-0.05, 0) is 83.3 Å². The number of fused-ring (bicyclic) bond motifs is 1. The summed E-state index contributed by atoms with van der Waals surface area (Å²) in [4.78, 5) is 54.2. The maximum absolute atomic E-state index is 14.0. The first-order valence-corrected chi connectivity index (χ1v) is 14.4. The molecular weight excluding hydrogens is 560 g/mol. The van der Waals surface area contributed by atoms with Crippen molar-refractivity contribution in [2.24, 2.45) is 5.92 Å². The van der Waals surface area contributed by atoms with Crippen LogP contribution in [-0.2, 0) is 18.5 Å². The van der Waals surface area contributed by atoms with Crippen LogP contribution in [-0.4, -0.2) is 44.0 Å². The summed E-state index contributed by atoms with van der Waals surface area (Å²) in [6.45, 7) is 6.18. The predicted molar refractivity (Wildman–Crippen MR) is 164 cm³/mol. The lowest BCUT2D eigenvalue weighted by molar-refractivity contribution is 0.0878. The SMILES string of the molecule is CC(C)(C)c1ccc(N(Cn2nnc(NC(=O)c3ccccc3)n2)C(=O)Nc2ccc3c(c2CC2CC2)C(=O)NC3=O)cc1. The molecule has 2 heterocycles. The first-order chi connectivity index (χ1) is 21.1. The van der Waals surface area contributed by atoms with E-state index in [-0.39, 0.29) is 23.9 Å². The van der Waals surface area contributed by atoms with E-state index in [0.29, 0.717) is 46.0 Å². The van der Waals surface area contributed by atoms with Crippen molar-refractivity contribution in [3.05, 3.63) is 94.5 Å². The van der Waals surface area contributed by atoms with Gasteiger partial charge in [-0.15, -0.1) is 9.90 Å². The van der Waals surface area contributed by atoms with Gasteiger partial charge >= 0.3 is 6.03 Å². The fourth-order valence-corrected chi connectivity index (χ4v) is 5.10. The molecule has 1 aliphatic carbocycles. The smallest absolute Gasteiger partial charge is 0.307 e. The van der Waals surface area contributed by atoms with Crippen LogP contribution >= 0.6 is 0 Å². The number of hydrogen-bond acceptors (Lipinski definition) is 7. The number of carbonyl (C=O) groups is 4. The molecule has 4 aromatic rings. The van der Waals surface area contributed by atoms with Gasteiger partial charge in [0.15, 0.2) is 0 Å². The third-order valence-corrected chi connectivity index (χ3v) is 7.72. The van der Waals surface area contributed by atoms with Gasteiger partial charge in [0.2, 0.25) is 0 Å². The molecule has 1 fully saturated rings. The molecule has 5 amide bonds. The number of tetrazole rings is 1. The fourth-order valence-electron chi connectivity index (χ4n) is 5.10.